The number of benzene rings is 1. The van der Waals surface area contributed by atoms with Crippen LogP contribution in [0.3, 0.4) is 0 Å². The van der Waals surface area contributed by atoms with Crippen LogP contribution >= 0.6 is 0 Å². The Hall–Kier alpha value is -2.10. The second-order valence-electron chi connectivity index (χ2n) is 4.17. The van der Waals surface area contributed by atoms with Crippen LogP contribution in [0.5, 0.6) is 0 Å². The van der Waals surface area contributed by atoms with Crippen LogP contribution in [0, 0.1) is 0 Å². The summed E-state index contributed by atoms with van der Waals surface area (Å²) in [6.07, 6.45) is 4.81. The second kappa shape index (κ2) is 3.73. The van der Waals surface area contributed by atoms with E-state index in [-0.39, 0.29) is 0 Å². The van der Waals surface area contributed by atoms with Crippen LogP contribution in [0.4, 0.5) is 0 Å². The number of aromatic nitrogens is 4. The molecule has 4 heteroatoms. The first-order valence-corrected chi connectivity index (χ1v) is 5.74. The molecule has 17 heavy (non-hydrogen) atoms. The number of hydrogen-bond acceptors (Lipinski definition) is 2. The van der Waals surface area contributed by atoms with Crippen molar-refractivity contribution in [3.8, 4) is 11.1 Å². The molecule has 3 rings (SSSR count). The van der Waals surface area contributed by atoms with Crippen LogP contribution in [0.2, 0.25) is 0 Å². The number of imidazole rings is 1. The van der Waals surface area contributed by atoms with Gasteiger partial charge < -0.3 is 4.98 Å². The molecule has 2 heterocycles. The molecule has 0 amide bonds. The van der Waals surface area contributed by atoms with Crippen LogP contribution in [-0.4, -0.2) is 19.7 Å². The van der Waals surface area contributed by atoms with Gasteiger partial charge in [0.25, 0.3) is 0 Å². The highest BCUT2D eigenvalue weighted by molar-refractivity contribution is 5.81. The van der Waals surface area contributed by atoms with Gasteiger partial charge in [0, 0.05) is 25.2 Å². The lowest BCUT2D eigenvalue weighted by atomic mass is 10.1. The highest BCUT2D eigenvalue weighted by Gasteiger charge is 2.05. The molecular weight excluding hydrogens is 212 g/mol. The Kier molecular flexibility index (Phi) is 2.21. The quantitative estimate of drug-likeness (QED) is 0.729. The van der Waals surface area contributed by atoms with E-state index in [0.717, 1.165) is 34.4 Å². The monoisotopic (exact) mass is 226 g/mol. The third-order valence-corrected chi connectivity index (χ3v) is 2.90. The lowest BCUT2D eigenvalue weighted by Crippen LogP contribution is -1.84. The van der Waals surface area contributed by atoms with Crippen molar-refractivity contribution in [2.24, 2.45) is 7.05 Å². The van der Waals surface area contributed by atoms with Gasteiger partial charge in [-0.1, -0.05) is 13.0 Å². The molecular formula is C13H14N4. The van der Waals surface area contributed by atoms with E-state index in [1.54, 1.807) is 0 Å². The molecule has 86 valence electrons. The summed E-state index contributed by atoms with van der Waals surface area (Å²) in [6, 6.07) is 6.26. The maximum Gasteiger partial charge on any atom is 0.106 e. The largest absolute Gasteiger partial charge is 0.342 e. The van der Waals surface area contributed by atoms with E-state index in [0.29, 0.717) is 0 Å². The molecule has 0 saturated heterocycles. The SMILES string of the molecule is CCc1nc2ccc(-c3cnn(C)c3)cc2[nH]1. The van der Waals surface area contributed by atoms with E-state index in [2.05, 4.69) is 34.1 Å². The molecule has 0 bridgehead atoms. The molecule has 0 aliphatic rings. The van der Waals surface area contributed by atoms with Crippen LogP contribution in [0.25, 0.3) is 22.2 Å². The fraction of sp³-hybridized carbons (Fsp3) is 0.231. The van der Waals surface area contributed by atoms with Crippen molar-refractivity contribution in [3.63, 3.8) is 0 Å². The first kappa shape index (κ1) is 10.1. The molecule has 0 radical (unpaired) electrons. The van der Waals surface area contributed by atoms with Crippen molar-refractivity contribution in [3.05, 3.63) is 36.4 Å². The number of aryl methyl sites for hydroxylation is 2. The van der Waals surface area contributed by atoms with Gasteiger partial charge in [0.2, 0.25) is 0 Å². The number of rotatable bonds is 2. The number of fused-ring (bicyclic) bond motifs is 1. The topological polar surface area (TPSA) is 46.5 Å². The van der Waals surface area contributed by atoms with E-state index in [9.17, 15) is 0 Å². The maximum atomic E-state index is 4.49. The van der Waals surface area contributed by atoms with Crippen molar-refractivity contribution in [1.82, 2.24) is 19.7 Å². The van der Waals surface area contributed by atoms with Crippen LogP contribution < -0.4 is 0 Å². The zero-order valence-electron chi connectivity index (χ0n) is 9.94. The van der Waals surface area contributed by atoms with Gasteiger partial charge >= 0.3 is 0 Å². The number of aromatic amines is 1. The minimum absolute atomic E-state index is 0.927. The number of nitrogens with one attached hydrogen (secondary N) is 1. The lowest BCUT2D eigenvalue weighted by molar-refractivity contribution is 0.768. The van der Waals surface area contributed by atoms with Crippen molar-refractivity contribution >= 4 is 11.0 Å². The summed E-state index contributed by atoms with van der Waals surface area (Å²) in [5, 5.41) is 4.19. The van der Waals surface area contributed by atoms with Crippen LogP contribution in [0.15, 0.2) is 30.6 Å². The summed E-state index contributed by atoms with van der Waals surface area (Å²) >= 11 is 0. The minimum atomic E-state index is 0.927. The minimum Gasteiger partial charge on any atom is -0.342 e. The van der Waals surface area contributed by atoms with Gasteiger partial charge in [-0.3, -0.25) is 4.68 Å². The normalized spacial score (nSPS) is 11.2. The average molecular weight is 226 g/mol. The summed E-state index contributed by atoms with van der Waals surface area (Å²) < 4.78 is 1.81. The van der Waals surface area contributed by atoms with E-state index in [4.69, 9.17) is 0 Å². The summed E-state index contributed by atoms with van der Waals surface area (Å²) in [4.78, 5) is 7.82. The van der Waals surface area contributed by atoms with Gasteiger partial charge in [0.05, 0.1) is 17.2 Å². The molecule has 0 aliphatic heterocycles. The number of nitrogens with zero attached hydrogens (tertiary/aromatic N) is 3. The molecule has 0 atom stereocenters. The predicted octanol–water partition coefficient (Wildman–Crippen LogP) is 2.53. The molecule has 3 aromatic rings. The van der Waals surface area contributed by atoms with E-state index in [1.807, 2.05) is 30.2 Å². The van der Waals surface area contributed by atoms with E-state index in [1.165, 1.54) is 0 Å². The highest BCUT2D eigenvalue weighted by atomic mass is 15.2. The summed E-state index contributed by atoms with van der Waals surface area (Å²) in [5.41, 5.74) is 4.40. The first-order chi connectivity index (χ1) is 8.26. The molecule has 0 spiro atoms. The first-order valence-electron chi connectivity index (χ1n) is 5.74. The van der Waals surface area contributed by atoms with Gasteiger partial charge in [-0.05, 0) is 17.7 Å². The predicted molar refractivity (Wildman–Crippen MR) is 67.7 cm³/mol. The fourth-order valence-electron chi connectivity index (χ4n) is 1.98. The zero-order chi connectivity index (χ0) is 11.8. The Labute approximate surface area is 99.3 Å². The molecule has 0 saturated carbocycles. The summed E-state index contributed by atoms with van der Waals surface area (Å²) in [7, 11) is 1.92. The van der Waals surface area contributed by atoms with Crippen LogP contribution in [-0.2, 0) is 13.5 Å². The third kappa shape index (κ3) is 1.71. The lowest BCUT2D eigenvalue weighted by Gasteiger charge is -1.96. The standard InChI is InChI=1S/C13H14N4/c1-3-13-15-11-5-4-9(6-12(11)16-13)10-7-14-17(2)8-10/h4-8H,3H2,1-2H3,(H,15,16). The van der Waals surface area contributed by atoms with Crippen LogP contribution in [0.1, 0.15) is 12.7 Å². The average Bonchev–Trinajstić information content (AvgIpc) is 2.93. The fourth-order valence-corrected chi connectivity index (χ4v) is 1.98. The molecule has 0 aliphatic carbocycles. The van der Waals surface area contributed by atoms with Gasteiger partial charge in [-0.2, -0.15) is 5.10 Å². The summed E-state index contributed by atoms with van der Waals surface area (Å²) in [5.74, 6) is 1.03. The molecule has 1 aromatic carbocycles. The molecule has 2 aromatic heterocycles. The number of H-pyrrole nitrogens is 1. The Bertz CT molecular complexity index is 663. The maximum absolute atomic E-state index is 4.49. The van der Waals surface area contributed by atoms with Gasteiger partial charge in [-0.25, -0.2) is 4.98 Å². The molecule has 4 nitrogen and oxygen atoms in total. The van der Waals surface area contributed by atoms with Gasteiger partial charge in [-0.15, -0.1) is 0 Å². The number of hydrogen-bond donors (Lipinski definition) is 1. The van der Waals surface area contributed by atoms with Crippen molar-refractivity contribution in [2.75, 3.05) is 0 Å². The van der Waals surface area contributed by atoms with Gasteiger partial charge in [0.1, 0.15) is 5.82 Å². The van der Waals surface area contributed by atoms with Crippen molar-refractivity contribution in [1.29, 1.82) is 0 Å². The Morgan fingerprint density at radius 1 is 1.29 bits per heavy atom. The Morgan fingerprint density at radius 3 is 2.88 bits per heavy atom. The zero-order valence-corrected chi connectivity index (χ0v) is 9.94. The third-order valence-electron chi connectivity index (χ3n) is 2.90. The highest BCUT2D eigenvalue weighted by Crippen LogP contribution is 2.22. The molecule has 0 unspecified atom stereocenters. The Morgan fingerprint density at radius 2 is 2.18 bits per heavy atom. The molecule has 1 N–H and O–H groups in total. The van der Waals surface area contributed by atoms with Crippen molar-refractivity contribution in [2.45, 2.75) is 13.3 Å². The Balaban J connectivity index is 2.12. The van der Waals surface area contributed by atoms with Gasteiger partial charge in [0.15, 0.2) is 0 Å². The second-order valence-corrected chi connectivity index (χ2v) is 4.17. The smallest absolute Gasteiger partial charge is 0.106 e. The van der Waals surface area contributed by atoms with E-state index < -0.39 is 0 Å². The summed E-state index contributed by atoms with van der Waals surface area (Å²) in [6.45, 7) is 2.10. The van der Waals surface area contributed by atoms with Crippen molar-refractivity contribution < 1.29 is 0 Å². The molecule has 0 fully saturated rings. The van der Waals surface area contributed by atoms with E-state index >= 15 is 0 Å².